The van der Waals surface area contributed by atoms with E-state index in [1.807, 2.05) is 67.6 Å². The van der Waals surface area contributed by atoms with Crippen LogP contribution >= 0.6 is 11.6 Å². The molecule has 0 radical (unpaired) electrons. The first kappa shape index (κ1) is 33.6. The van der Waals surface area contributed by atoms with Crippen LogP contribution in [0.5, 0.6) is 11.5 Å². The average molecular weight is 648 g/mol. The van der Waals surface area contributed by atoms with E-state index in [4.69, 9.17) is 16.3 Å². The number of carbonyl (C=O) groups excluding carboxylic acids is 2. The third-order valence-corrected chi connectivity index (χ3v) is 8.69. The molecule has 236 valence electrons. The van der Waals surface area contributed by atoms with Crippen LogP contribution in [-0.4, -0.2) is 50.5 Å². The zero-order chi connectivity index (χ0) is 32.2. The van der Waals surface area contributed by atoms with Crippen molar-refractivity contribution in [2.75, 3.05) is 23.7 Å². The Kier molecular flexibility index (Phi) is 12.0. The highest BCUT2D eigenvalue weighted by molar-refractivity contribution is 7.92. The summed E-state index contributed by atoms with van der Waals surface area (Å²) < 4.78 is 33.0. The van der Waals surface area contributed by atoms with Crippen LogP contribution in [0.15, 0.2) is 109 Å². The molecule has 0 spiro atoms. The fraction of sp³-hybridized carbons (Fsp3) is 0.257. The first-order chi connectivity index (χ1) is 21.7. The Bertz CT molecular complexity index is 1650. The monoisotopic (exact) mass is 647 g/mol. The number of nitrogens with zero attached hydrogens (tertiary/aromatic N) is 2. The quantitative estimate of drug-likeness (QED) is 0.150. The van der Waals surface area contributed by atoms with Crippen molar-refractivity contribution < 1.29 is 22.7 Å². The first-order valence-electron chi connectivity index (χ1n) is 14.8. The molecule has 0 bridgehead atoms. The number of hydrogen-bond donors (Lipinski definition) is 1. The van der Waals surface area contributed by atoms with Crippen LogP contribution in [0.25, 0.3) is 0 Å². The number of hydrogen-bond acceptors (Lipinski definition) is 5. The van der Waals surface area contributed by atoms with Crippen LogP contribution in [0.1, 0.15) is 30.9 Å². The molecule has 0 aromatic heterocycles. The van der Waals surface area contributed by atoms with Gasteiger partial charge in [-0.1, -0.05) is 91.7 Å². The van der Waals surface area contributed by atoms with Gasteiger partial charge in [0.1, 0.15) is 24.1 Å². The fourth-order valence-corrected chi connectivity index (χ4v) is 5.83. The van der Waals surface area contributed by atoms with Gasteiger partial charge in [-0.15, -0.1) is 0 Å². The Morgan fingerprint density at radius 1 is 0.844 bits per heavy atom. The highest BCUT2D eigenvalue weighted by atomic mass is 35.5. The number of amides is 2. The van der Waals surface area contributed by atoms with E-state index in [2.05, 4.69) is 5.32 Å². The van der Waals surface area contributed by atoms with Crippen LogP contribution in [0, 0.1) is 0 Å². The van der Waals surface area contributed by atoms with Crippen LogP contribution in [-0.2, 0) is 32.6 Å². The van der Waals surface area contributed by atoms with Crippen molar-refractivity contribution in [3.8, 4) is 11.5 Å². The van der Waals surface area contributed by atoms with Crippen LogP contribution in [0.3, 0.4) is 0 Å². The molecule has 0 saturated carbocycles. The number of para-hydroxylation sites is 1. The molecular weight excluding hydrogens is 610 g/mol. The SMILES string of the molecule is CCCCNC(=O)C(Cc1ccccc1)N(Cc1ccccc1Cl)C(=O)CN(c1ccc(Oc2ccccc2)cc1)S(C)(=O)=O. The molecule has 2 amide bonds. The number of benzene rings is 4. The van der Waals surface area contributed by atoms with Crippen LogP contribution in [0.4, 0.5) is 5.69 Å². The molecule has 10 heteroatoms. The summed E-state index contributed by atoms with van der Waals surface area (Å²) in [7, 11) is -3.90. The van der Waals surface area contributed by atoms with Crippen LogP contribution < -0.4 is 14.4 Å². The van der Waals surface area contributed by atoms with Gasteiger partial charge in [0.25, 0.3) is 0 Å². The van der Waals surface area contributed by atoms with E-state index in [1.165, 1.54) is 4.90 Å². The molecule has 0 aliphatic carbocycles. The molecule has 45 heavy (non-hydrogen) atoms. The number of carbonyl (C=O) groups is 2. The van der Waals surface area contributed by atoms with Crippen molar-refractivity contribution in [2.24, 2.45) is 0 Å². The highest BCUT2D eigenvalue weighted by Gasteiger charge is 2.33. The Hall–Kier alpha value is -4.34. The Morgan fingerprint density at radius 2 is 1.44 bits per heavy atom. The maximum Gasteiger partial charge on any atom is 0.244 e. The zero-order valence-corrected chi connectivity index (χ0v) is 27.0. The lowest BCUT2D eigenvalue weighted by atomic mass is 10.0. The second-order valence-corrected chi connectivity index (χ2v) is 13.0. The normalized spacial score (nSPS) is 11.8. The van der Waals surface area contributed by atoms with Crippen molar-refractivity contribution in [3.05, 3.63) is 125 Å². The summed E-state index contributed by atoms with van der Waals surface area (Å²) in [5, 5.41) is 3.41. The average Bonchev–Trinajstić information content (AvgIpc) is 3.03. The van der Waals surface area contributed by atoms with Crippen molar-refractivity contribution in [1.82, 2.24) is 10.2 Å². The molecule has 1 N–H and O–H groups in total. The predicted molar refractivity (Wildman–Crippen MR) is 179 cm³/mol. The molecule has 4 rings (SSSR count). The maximum absolute atomic E-state index is 14.2. The largest absolute Gasteiger partial charge is 0.457 e. The third-order valence-electron chi connectivity index (χ3n) is 7.18. The lowest BCUT2D eigenvalue weighted by molar-refractivity contribution is -0.140. The Balaban J connectivity index is 1.67. The first-order valence-corrected chi connectivity index (χ1v) is 17.0. The lowest BCUT2D eigenvalue weighted by Gasteiger charge is -2.33. The van der Waals surface area contributed by atoms with Gasteiger partial charge in [-0.3, -0.25) is 13.9 Å². The van der Waals surface area contributed by atoms with Gasteiger partial charge in [0.15, 0.2) is 0 Å². The van der Waals surface area contributed by atoms with E-state index in [0.29, 0.717) is 28.6 Å². The number of ether oxygens (including phenoxy) is 1. The smallest absolute Gasteiger partial charge is 0.244 e. The van der Waals surface area contributed by atoms with Gasteiger partial charge in [0.2, 0.25) is 21.8 Å². The number of nitrogens with one attached hydrogen (secondary N) is 1. The fourth-order valence-electron chi connectivity index (χ4n) is 4.79. The van der Waals surface area contributed by atoms with Crippen molar-refractivity contribution in [2.45, 2.75) is 38.8 Å². The number of rotatable bonds is 15. The summed E-state index contributed by atoms with van der Waals surface area (Å²) in [5.41, 5.74) is 1.79. The molecule has 4 aromatic rings. The van der Waals surface area contributed by atoms with E-state index in [9.17, 15) is 18.0 Å². The molecule has 4 aromatic carbocycles. The minimum absolute atomic E-state index is 0.0126. The number of anilines is 1. The van der Waals surface area contributed by atoms with Crippen molar-refractivity contribution >= 4 is 39.1 Å². The number of unbranched alkanes of at least 4 members (excludes halogenated alkanes) is 1. The molecular formula is C35H38ClN3O5S. The van der Waals surface area contributed by atoms with E-state index >= 15 is 0 Å². The number of sulfonamides is 1. The standard InChI is InChI=1S/C35H38ClN3O5S/c1-3-4-23-37-35(41)33(24-27-13-7-5-8-14-27)38(25-28-15-11-12-18-32(28)36)34(40)26-39(45(2,42)43)29-19-21-31(22-20-29)44-30-16-9-6-10-17-30/h5-22,33H,3-4,23-26H2,1-2H3,(H,37,41). The molecule has 0 saturated heterocycles. The van der Waals surface area contributed by atoms with E-state index in [-0.39, 0.29) is 24.6 Å². The van der Waals surface area contributed by atoms with Gasteiger partial charge < -0.3 is 15.0 Å². The van der Waals surface area contributed by atoms with E-state index < -0.39 is 28.5 Å². The van der Waals surface area contributed by atoms with Crippen molar-refractivity contribution in [1.29, 1.82) is 0 Å². The predicted octanol–water partition coefficient (Wildman–Crippen LogP) is 6.45. The van der Waals surface area contributed by atoms with Gasteiger partial charge in [-0.25, -0.2) is 8.42 Å². The highest BCUT2D eigenvalue weighted by Crippen LogP contribution is 2.27. The molecule has 0 fully saturated rings. The van der Waals surface area contributed by atoms with Gasteiger partial charge >= 0.3 is 0 Å². The van der Waals surface area contributed by atoms with E-state index in [1.54, 1.807) is 48.5 Å². The molecule has 8 nitrogen and oxygen atoms in total. The topological polar surface area (TPSA) is 96.0 Å². The molecule has 0 heterocycles. The summed E-state index contributed by atoms with van der Waals surface area (Å²) in [6.45, 7) is 1.98. The summed E-state index contributed by atoms with van der Waals surface area (Å²) in [5.74, 6) is 0.284. The third kappa shape index (κ3) is 9.83. The van der Waals surface area contributed by atoms with Gasteiger partial charge in [0.05, 0.1) is 11.9 Å². The second-order valence-electron chi connectivity index (χ2n) is 10.6. The lowest BCUT2D eigenvalue weighted by Crippen LogP contribution is -2.53. The summed E-state index contributed by atoms with van der Waals surface area (Å²) in [6, 6.07) is 31.3. The zero-order valence-electron chi connectivity index (χ0n) is 25.4. The molecule has 1 unspecified atom stereocenters. The molecule has 0 aliphatic rings. The van der Waals surface area contributed by atoms with E-state index in [0.717, 1.165) is 29.0 Å². The van der Waals surface area contributed by atoms with Crippen LogP contribution in [0.2, 0.25) is 5.02 Å². The number of halogens is 1. The minimum Gasteiger partial charge on any atom is -0.457 e. The van der Waals surface area contributed by atoms with Crippen molar-refractivity contribution in [3.63, 3.8) is 0 Å². The summed E-state index contributed by atoms with van der Waals surface area (Å²) >= 11 is 6.51. The Labute approximate surface area is 270 Å². The summed E-state index contributed by atoms with van der Waals surface area (Å²) in [4.78, 5) is 29.4. The minimum atomic E-state index is -3.90. The van der Waals surface area contributed by atoms with Gasteiger partial charge in [-0.05, 0) is 60.0 Å². The van der Waals surface area contributed by atoms with Gasteiger partial charge in [-0.2, -0.15) is 0 Å². The molecule has 1 atom stereocenters. The Morgan fingerprint density at radius 3 is 2.07 bits per heavy atom. The van der Waals surface area contributed by atoms with Gasteiger partial charge in [0, 0.05) is 24.5 Å². The maximum atomic E-state index is 14.2. The summed E-state index contributed by atoms with van der Waals surface area (Å²) in [6.07, 6.45) is 2.96. The molecule has 0 aliphatic heterocycles. The second kappa shape index (κ2) is 16.1.